The molecule has 110 valence electrons. The first kappa shape index (κ1) is 14.8. The Morgan fingerprint density at radius 3 is 2.42 bits per heavy atom. The molecular weight excluding hydrogens is 238 g/mol. The van der Waals surface area contributed by atoms with Crippen LogP contribution >= 0.6 is 0 Å². The summed E-state index contributed by atoms with van der Waals surface area (Å²) in [5.41, 5.74) is 0. The highest BCUT2D eigenvalue weighted by atomic mass is 16.4. The Hall–Kier alpha value is -0.570. The zero-order chi connectivity index (χ0) is 13.7. The van der Waals surface area contributed by atoms with E-state index in [1.165, 1.54) is 38.5 Å². The van der Waals surface area contributed by atoms with Crippen molar-refractivity contribution < 1.29 is 9.90 Å². The van der Waals surface area contributed by atoms with Gasteiger partial charge in [-0.1, -0.05) is 32.6 Å². The molecule has 1 heterocycles. The van der Waals surface area contributed by atoms with Gasteiger partial charge in [0, 0.05) is 6.04 Å². The highest BCUT2D eigenvalue weighted by molar-refractivity contribution is 5.71. The van der Waals surface area contributed by atoms with Gasteiger partial charge in [0.25, 0.3) is 0 Å². The first-order valence-electron chi connectivity index (χ1n) is 8.19. The van der Waals surface area contributed by atoms with E-state index >= 15 is 0 Å². The van der Waals surface area contributed by atoms with Gasteiger partial charge in [0.1, 0.15) is 0 Å². The third kappa shape index (κ3) is 3.95. The molecule has 1 saturated carbocycles. The van der Waals surface area contributed by atoms with Crippen LogP contribution in [0.1, 0.15) is 64.7 Å². The molecule has 3 nitrogen and oxygen atoms in total. The Morgan fingerprint density at radius 1 is 1.16 bits per heavy atom. The molecule has 3 heteroatoms. The minimum Gasteiger partial charge on any atom is -0.481 e. The Kier molecular flexibility index (Phi) is 5.68. The van der Waals surface area contributed by atoms with Crippen LogP contribution in [0.2, 0.25) is 0 Å². The Bertz CT molecular complexity index is 284. The molecule has 0 amide bonds. The minimum atomic E-state index is -0.566. The summed E-state index contributed by atoms with van der Waals surface area (Å²) in [5, 5.41) is 9.50. The van der Waals surface area contributed by atoms with Crippen LogP contribution in [-0.2, 0) is 4.79 Å². The topological polar surface area (TPSA) is 40.5 Å². The van der Waals surface area contributed by atoms with Crippen molar-refractivity contribution >= 4 is 5.97 Å². The van der Waals surface area contributed by atoms with E-state index in [0.29, 0.717) is 6.04 Å². The zero-order valence-corrected chi connectivity index (χ0v) is 12.3. The number of aliphatic carboxylic acids is 1. The predicted molar refractivity (Wildman–Crippen MR) is 77.2 cm³/mol. The summed E-state index contributed by atoms with van der Waals surface area (Å²) in [7, 11) is 0. The van der Waals surface area contributed by atoms with E-state index in [1.54, 1.807) is 0 Å². The zero-order valence-electron chi connectivity index (χ0n) is 12.3. The lowest BCUT2D eigenvalue weighted by atomic mass is 9.76. The van der Waals surface area contributed by atoms with Crippen LogP contribution in [0, 0.1) is 11.8 Å². The summed E-state index contributed by atoms with van der Waals surface area (Å²) in [4.78, 5) is 14.0. The summed E-state index contributed by atoms with van der Waals surface area (Å²) in [6, 6.07) is 0.306. The summed E-state index contributed by atoms with van der Waals surface area (Å²) < 4.78 is 0. The lowest BCUT2D eigenvalue weighted by molar-refractivity contribution is -0.146. The van der Waals surface area contributed by atoms with Crippen molar-refractivity contribution in [2.24, 2.45) is 11.8 Å². The fourth-order valence-electron chi connectivity index (χ4n) is 4.02. The fourth-order valence-corrected chi connectivity index (χ4v) is 4.02. The molecule has 1 N–H and O–H groups in total. The molecule has 0 spiro atoms. The largest absolute Gasteiger partial charge is 0.481 e. The maximum Gasteiger partial charge on any atom is 0.308 e. The summed E-state index contributed by atoms with van der Waals surface area (Å²) in [6.45, 7) is 4.48. The van der Waals surface area contributed by atoms with E-state index in [2.05, 4.69) is 11.8 Å². The van der Waals surface area contributed by atoms with E-state index < -0.39 is 5.97 Å². The minimum absolute atomic E-state index is 0.119. The van der Waals surface area contributed by atoms with Crippen molar-refractivity contribution in [2.75, 3.05) is 13.1 Å². The molecule has 19 heavy (non-hydrogen) atoms. The van der Waals surface area contributed by atoms with Crippen LogP contribution in [0.3, 0.4) is 0 Å². The molecular formula is C16H29NO2. The second-order valence-corrected chi connectivity index (χ2v) is 6.43. The first-order valence-corrected chi connectivity index (χ1v) is 8.19. The molecule has 1 aliphatic heterocycles. The van der Waals surface area contributed by atoms with Gasteiger partial charge in [-0.25, -0.2) is 0 Å². The first-order chi connectivity index (χ1) is 9.22. The average Bonchev–Trinajstić information content (AvgIpc) is 2.67. The third-order valence-corrected chi connectivity index (χ3v) is 5.05. The second kappa shape index (κ2) is 7.28. The molecule has 2 aliphatic rings. The van der Waals surface area contributed by atoms with Gasteiger partial charge in [0.15, 0.2) is 0 Å². The average molecular weight is 267 g/mol. The highest BCUT2D eigenvalue weighted by Gasteiger charge is 2.37. The monoisotopic (exact) mass is 267 g/mol. The number of carboxylic acids is 1. The maximum absolute atomic E-state index is 11.5. The van der Waals surface area contributed by atoms with Crippen LogP contribution in [0.25, 0.3) is 0 Å². The van der Waals surface area contributed by atoms with Gasteiger partial charge in [-0.2, -0.15) is 0 Å². The maximum atomic E-state index is 11.5. The summed E-state index contributed by atoms with van der Waals surface area (Å²) in [6.07, 6.45) is 10.8. The van der Waals surface area contributed by atoms with Crippen LogP contribution in [0.15, 0.2) is 0 Å². The van der Waals surface area contributed by atoms with Crippen LogP contribution < -0.4 is 0 Å². The molecule has 2 rings (SSSR count). The van der Waals surface area contributed by atoms with Crippen molar-refractivity contribution in [1.29, 1.82) is 0 Å². The van der Waals surface area contributed by atoms with Gasteiger partial charge >= 0.3 is 5.97 Å². The van der Waals surface area contributed by atoms with Crippen molar-refractivity contribution in [2.45, 2.75) is 70.8 Å². The number of carbonyl (C=O) groups is 1. The highest BCUT2D eigenvalue weighted by Crippen LogP contribution is 2.35. The number of rotatable bonds is 4. The van der Waals surface area contributed by atoms with Gasteiger partial charge in [-0.05, 0) is 51.1 Å². The fraction of sp³-hybridized carbons (Fsp3) is 0.938. The second-order valence-electron chi connectivity index (χ2n) is 6.43. The van der Waals surface area contributed by atoms with E-state index in [1.807, 2.05) is 0 Å². The van der Waals surface area contributed by atoms with E-state index in [9.17, 15) is 9.90 Å². The summed E-state index contributed by atoms with van der Waals surface area (Å²) >= 11 is 0. The van der Waals surface area contributed by atoms with Crippen LogP contribution in [0.4, 0.5) is 0 Å². The Labute approximate surface area is 117 Å². The van der Waals surface area contributed by atoms with Crippen molar-refractivity contribution in [1.82, 2.24) is 4.90 Å². The van der Waals surface area contributed by atoms with Gasteiger partial charge in [-0.15, -0.1) is 0 Å². The Balaban J connectivity index is 2.03. The van der Waals surface area contributed by atoms with Crippen LogP contribution in [0.5, 0.6) is 0 Å². The molecule has 1 saturated heterocycles. The molecule has 0 bridgehead atoms. The quantitative estimate of drug-likeness (QED) is 0.847. The lowest BCUT2D eigenvalue weighted by Crippen LogP contribution is -2.47. The van der Waals surface area contributed by atoms with Gasteiger partial charge in [0.05, 0.1) is 5.92 Å². The number of hydrogen-bond acceptors (Lipinski definition) is 2. The van der Waals surface area contributed by atoms with E-state index in [0.717, 1.165) is 38.3 Å². The number of nitrogens with zero attached hydrogens (tertiary/aromatic N) is 1. The predicted octanol–water partition coefficient (Wildman–Crippen LogP) is 3.53. The number of hydrogen-bond donors (Lipinski definition) is 1. The smallest absolute Gasteiger partial charge is 0.308 e. The SMILES string of the molecule is CCCC1CCC(C(=O)O)C(N2CCCCCC2)C1. The molecule has 0 aromatic carbocycles. The molecule has 0 aromatic heterocycles. The van der Waals surface area contributed by atoms with E-state index in [-0.39, 0.29) is 5.92 Å². The third-order valence-electron chi connectivity index (χ3n) is 5.05. The lowest BCUT2D eigenvalue weighted by Gasteiger charge is -2.41. The Morgan fingerprint density at radius 2 is 1.84 bits per heavy atom. The normalized spacial score (nSPS) is 33.8. The molecule has 0 aromatic rings. The molecule has 1 aliphatic carbocycles. The van der Waals surface area contributed by atoms with Crippen molar-refractivity contribution in [3.63, 3.8) is 0 Å². The van der Waals surface area contributed by atoms with Gasteiger partial charge in [0.2, 0.25) is 0 Å². The molecule has 0 radical (unpaired) electrons. The standard InChI is InChI=1S/C16H29NO2/c1-2-7-13-8-9-14(16(18)19)15(12-13)17-10-5-3-4-6-11-17/h13-15H,2-12H2,1H3,(H,18,19). The number of carboxylic acid groups (broad SMARTS) is 1. The summed E-state index contributed by atoms with van der Waals surface area (Å²) in [5.74, 6) is 0.0734. The van der Waals surface area contributed by atoms with Gasteiger partial charge < -0.3 is 5.11 Å². The molecule has 3 atom stereocenters. The van der Waals surface area contributed by atoms with Crippen LogP contribution in [-0.4, -0.2) is 35.1 Å². The number of likely N-dealkylation sites (tertiary alicyclic amines) is 1. The van der Waals surface area contributed by atoms with Gasteiger partial charge in [-0.3, -0.25) is 9.69 Å². The molecule has 3 unspecified atom stereocenters. The van der Waals surface area contributed by atoms with Crippen molar-refractivity contribution in [3.05, 3.63) is 0 Å². The molecule has 2 fully saturated rings. The van der Waals surface area contributed by atoms with E-state index in [4.69, 9.17) is 0 Å². The van der Waals surface area contributed by atoms with Crippen molar-refractivity contribution in [3.8, 4) is 0 Å².